The minimum Gasteiger partial charge on any atom is -0.329 e. The Bertz CT molecular complexity index is 1090. The standard InChI is InChI=1S/C23H27N3O2S/c1-3-4-7-15-26-22(27)18-10-6-5-9-17(18)21(24-26)23(28)25-14-8-11-19(25)20-13-12-16(2)29-20/h5-6,9-10,12-13,19H,3-4,7-8,11,14-15H2,1-2H3. The van der Waals surface area contributed by atoms with E-state index in [2.05, 4.69) is 31.1 Å². The summed E-state index contributed by atoms with van der Waals surface area (Å²) >= 11 is 1.75. The van der Waals surface area contributed by atoms with Gasteiger partial charge in [-0.15, -0.1) is 11.3 Å². The SMILES string of the molecule is CCCCCn1nc(C(=O)N2CCCC2c2ccc(C)s2)c2ccccc2c1=O. The molecule has 2 aromatic heterocycles. The number of likely N-dealkylation sites (tertiary alicyclic amines) is 1. The number of aryl methyl sites for hydroxylation is 2. The summed E-state index contributed by atoms with van der Waals surface area (Å²) in [7, 11) is 0. The van der Waals surface area contributed by atoms with Gasteiger partial charge in [-0.25, -0.2) is 4.68 Å². The zero-order valence-corrected chi connectivity index (χ0v) is 17.9. The quantitative estimate of drug-likeness (QED) is 0.542. The second kappa shape index (κ2) is 8.49. The van der Waals surface area contributed by atoms with Gasteiger partial charge in [0.15, 0.2) is 5.69 Å². The maximum Gasteiger partial charge on any atom is 0.275 e. The first kappa shape index (κ1) is 19.8. The van der Waals surface area contributed by atoms with Gasteiger partial charge in [0.2, 0.25) is 0 Å². The van der Waals surface area contributed by atoms with E-state index in [9.17, 15) is 9.59 Å². The molecule has 1 aliphatic rings. The van der Waals surface area contributed by atoms with Crippen molar-refractivity contribution in [1.29, 1.82) is 0 Å². The van der Waals surface area contributed by atoms with Crippen LogP contribution < -0.4 is 5.56 Å². The van der Waals surface area contributed by atoms with Crippen LogP contribution in [0.5, 0.6) is 0 Å². The van der Waals surface area contributed by atoms with E-state index in [0.29, 0.717) is 23.0 Å². The van der Waals surface area contributed by atoms with Gasteiger partial charge in [-0.05, 0) is 44.4 Å². The Morgan fingerprint density at radius 2 is 1.97 bits per heavy atom. The highest BCUT2D eigenvalue weighted by molar-refractivity contribution is 7.12. The largest absolute Gasteiger partial charge is 0.329 e. The highest BCUT2D eigenvalue weighted by atomic mass is 32.1. The molecule has 3 heterocycles. The second-order valence-corrected chi connectivity index (χ2v) is 9.05. The van der Waals surface area contributed by atoms with Gasteiger partial charge in [0.1, 0.15) is 0 Å². The smallest absolute Gasteiger partial charge is 0.275 e. The monoisotopic (exact) mass is 409 g/mol. The van der Waals surface area contributed by atoms with Gasteiger partial charge in [-0.1, -0.05) is 38.0 Å². The molecule has 152 valence electrons. The number of aromatic nitrogens is 2. The van der Waals surface area contributed by atoms with Crippen LogP contribution in [0.25, 0.3) is 10.8 Å². The molecule has 1 aromatic carbocycles. The number of hydrogen-bond donors (Lipinski definition) is 0. The molecule has 0 spiro atoms. The Morgan fingerprint density at radius 1 is 1.17 bits per heavy atom. The Labute approximate surface area is 175 Å². The normalized spacial score (nSPS) is 16.6. The molecule has 4 rings (SSSR count). The van der Waals surface area contributed by atoms with Gasteiger partial charge < -0.3 is 4.90 Å². The molecule has 1 aliphatic heterocycles. The van der Waals surface area contributed by atoms with Gasteiger partial charge in [0.05, 0.1) is 11.4 Å². The molecule has 3 aromatic rings. The summed E-state index contributed by atoms with van der Waals surface area (Å²) in [5.74, 6) is -0.0704. The number of thiophene rings is 1. The van der Waals surface area contributed by atoms with Crippen LogP contribution in [-0.4, -0.2) is 27.1 Å². The van der Waals surface area contributed by atoms with Crippen molar-refractivity contribution in [3.63, 3.8) is 0 Å². The Hall–Kier alpha value is -2.47. The molecule has 0 saturated carbocycles. The van der Waals surface area contributed by atoms with E-state index in [-0.39, 0.29) is 17.5 Å². The average Bonchev–Trinajstić information content (AvgIpc) is 3.38. The van der Waals surface area contributed by atoms with Crippen molar-refractivity contribution in [2.45, 2.75) is 58.5 Å². The van der Waals surface area contributed by atoms with Gasteiger partial charge in [0.25, 0.3) is 11.5 Å². The maximum absolute atomic E-state index is 13.6. The predicted molar refractivity (Wildman–Crippen MR) is 118 cm³/mol. The van der Waals surface area contributed by atoms with Crippen molar-refractivity contribution < 1.29 is 4.79 Å². The molecule has 0 bridgehead atoms. The van der Waals surface area contributed by atoms with Gasteiger partial charge in [-0.3, -0.25) is 9.59 Å². The van der Waals surface area contributed by atoms with Crippen molar-refractivity contribution in [2.24, 2.45) is 0 Å². The zero-order chi connectivity index (χ0) is 20.4. The van der Waals surface area contributed by atoms with E-state index in [1.807, 2.05) is 23.1 Å². The third kappa shape index (κ3) is 3.86. The average molecular weight is 410 g/mol. The van der Waals surface area contributed by atoms with E-state index < -0.39 is 0 Å². The van der Waals surface area contributed by atoms with Crippen molar-refractivity contribution in [2.75, 3.05) is 6.54 Å². The number of carbonyl (C=O) groups excluding carboxylic acids is 1. The number of hydrogen-bond acceptors (Lipinski definition) is 4. The zero-order valence-electron chi connectivity index (χ0n) is 17.1. The van der Waals surface area contributed by atoms with Crippen molar-refractivity contribution in [1.82, 2.24) is 14.7 Å². The third-order valence-electron chi connectivity index (χ3n) is 5.65. The number of rotatable bonds is 6. The first-order valence-electron chi connectivity index (χ1n) is 10.5. The fraction of sp³-hybridized carbons (Fsp3) is 0.435. The van der Waals surface area contributed by atoms with Crippen LogP contribution in [0.3, 0.4) is 0 Å². The lowest BCUT2D eigenvalue weighted by Crippen LogP contribution is -2.34. The van der Waals surface area contributed by atoms with Crippen LogP contribution >= 0.6 is 11.3 Å². The highest BCUT2D eigenvalue weighted by Gasteiger charge is 2.33. The fourth-order valence-electron chi connectivity index (χ4n) is 4.13. The fourth-order valence-corrected chi connectivity index (χ4v) is 5.16. The summed E-state index contributed by atoms with van der Waals surface area (Å²) in [5, 5.41) is 5.80. The summed E-state index contributed by atoms with van der Waals surface area (Å²) in [5.41, 5.74) is 0.289. The van der Waals surface area contributed by atoms with E-state index >= 15 is 0 Å². The minimum atomic E-state index is -0.111. The molecule has 1 saturated heterocycles. The van der Waals surface area contributed by atoms with E-state index in [1.54, 1.807) is 17.4 Å². The van der Waals surface area contributed by atoms with Crippen molar-refractivity contribution in [3.8, 4) is 0 Å². The maximum atomic E-state index is 13.6. The van der Waals surface area contributed by atoms with Crippen LogP contribution in [0, 0.1) is 6.92 Å². The van der Waals surface area contributed by atoms with Crippen LogP contribution in [-0.2, 0) is 6.54 Å². The molecule has 0 aliphatic carbocycles. The Kier molecular flexibility index (Phi) is 5.81. The number of benzene rings is 1. The second-order valence-electron chi connectivity index (χ2n) is 7.73. The molecule has 1 atom stereocenters. The molecule has 1 unspecified atom stereocenters. The molecule has 29 heavy (non-hydrogen) atoms. The van der Waals surface area contributed by atoms with Crippen LogP contribution in [0.15, 0.2) is 41.2 Å². The van der Waals surface area contributed by atoms with Crippen LogP contribution in [0.4, 0.5) is 0 Å². The number of nitrogens with zero attached hydrogens (tertiary/aromatic N) is 3. The summed E-state index contributed by atoms with van der Waals surface area (Å²) in [6.45, 7) is 5.50. The Morgan fingerprint density at radius 3 is 2.69 bits per heavy atom. The topological polar surface area (TPSA) is 55.2 Å². The molecule has 0 radical (unpaired) electrons. The molecular weight excluding hydrogens is 382 g/mol. The van der Waals surface area contributed by atoms with Gasteiger partial charge in [-0.2, -0.15) is 5.10 Å². The number of fused-ring (bicyclic) bond motifs is 1. The number of amides is 1. The van der Waals surface area contributed by atoms with Crippen molar-refractivity contribution in [3.05, 3.63) is 62.2 Å². The number of carbonyl (C=O) groups is 1. The van der Waals surface area contributed by atoms with Crippen LogP contribution in [0.1, 0.15) is 65.3 Å². The summed E-state index contributed by atoms with van der Waals surface area (Å²) in [4.78, 5) is 30.9. The first-order valence-corrected chi connectivity index (χ1v) is 11.3. The first-order chi connectivity index (χ1) is 14.1. The molecule has 5 nitrogen and oxygen atoms in total. The van der Waals surface area contributed by atoms with E-state index in [4.69, 9.17) is 0 Å². The van der Waals surface area contributed by atoms with Gasteiger partial charge >= 0.3 is 0 Å². The van der Waals surface area contributed by atoms with Gasteiger partial charge in [0, 0.05) is 28.2 Å². The highest BCUT2D eigenvalue weighted by Crippen LogP contribution is 2.37. The molecule has 0 N–H and O–H groups in total. The third-order valence-corrected chi connectivity index (χ3v) is 6.75. The lowest BCUT2D eigenvalue weighted by atomic mass is 10.1. The molecule has 1 amide bonds. The minimum absolute atomic E-state index is 0.0704. The summed E-state index contributed by atoms with van der Waals surface area (Å²) in [6, 6.07) is 11.7. The van der Waals surface area contributed by atoms with Crippen molar-refractivity contribution >= 4 is 28.0 Å². The summed E-state index contributed by atoms with van der Waals surface area (Å²) in [6.07, 6.45) is 4.96. The molecule has 6 heteroatoms. The van der Waals surface area contributed by atoms with Crippen LogP contribution in [0.2, 0.25) is 0 Å². The lowest BCUT2D eigenvalue weighted by Gasteiger charge is -2.24. The molecular formula is C23H27N3O2S. The Balaban J connectivity index is 1.74. The predicted octanol–water partition coefficient (Wildman–Crippen LogP) is 4.93. The lowest BCUT2D eigenvalue weighted by molar-refractivity contribution is 0.0731. The summed E-state index contributed by atoms with van der Waals surface area (Å²) < 4.78 is 1.49. The number of unbranched alkanes of at least 4 members (excludes halogenated alkanes) is 2. The van der Waals surface area contributed by atoms with E-state index in [0.717, 1.165) is 38.6 Å². The van der Waals surface area contributed by atoms with E-state index in [1.165, 1.54) is 14.4 Å². The molecule has 1 fully saturated rings.